The monoisotopic (exact) mass is 273 g/mol. The Balaban J connectivity index is 2.21. The first-order valence-corrected chi connectivity index (χ1v) is 6.84. The number of hydrogen-bond acceptors (Lipinski definition) is 2. The second-order valence-corrected chi connectivity index (χ2v) is 4.72. The predicted molar refractivity (Wildman–Crippen MR) is 79.5 cm³/mol. The Hall–Kier alpha value is -1.87. The summed E-state index contributed by atoms with van der Waals surface area (Å²) in [5, 5.41) is 3.44. The summed E-state index contributed by atoms with van der Waals surface area (Å²) in [5.41, 5.74) is 2.13. The van der Waals surface area contributed by atoms with Crippen LogP contribution >= 0.6 is 0 Å². The molecule has 20 heavy (non-hydrogen) atoms. The third-order valence-electron chi connectivity index (χ3n) is 3.28. The fraction of sp³-hybridized carbons (Fsp3) is 0.294. The van der Waals surface area contributed by atoms with Crippen molar-refractivity contribution in [2.24, 2.45) is 0 Å². The van der Waals surface area contributed by atoms with Crippen LogP contribution < -0.4 is 10.1 Å². The zero-order valence-corrected chi connectivity index (χ0v) is 11.9. The summed E-state index contributed by atoms with van der Waals surface area (Å²) in [6.07, 6.45) is 0.749. The van der Waals surface area contributed by atoms with Crippen molar-refractivity contribution in [3.63, 3.8) is 0 Å². The molecule has 0 fully saturated rings. The first kappa shape index (κ1) is 14.5. The second kappa shape index (κ2) is 7.06. The largest absolute Gasteiger partial charge is 0.497 e. The smallest absolute Gasteiger partial charge is 0.123 e. The van der Waals surface area contributed by atoms with Gasteiger partial charge in [0.1, 0.15) is 11.6 Å². The average Bonchev–Trinajstić information content (AvgIpc) is 2.47. The zero-order valence-electron chi connectivity index (χ0n) is 11.9. The van der Waals surface area contributed by atoms with E-state index >= 15 is 0 Å². The summed E-state index contributed by atoms with van der Waals surface area (Å²) in [4.78, 5) is 0. The molecule has 0 aliphatic carbocycles. The number of ether oxygens (including phenoxy) is 1. The van der Waals surface area contributed by atoms with Crippen LogP contribution in [-0.2, 0) is 6.42 Å². The van der Waals surface area contributed by atoms with E-state index in [1.165, 1.54) is 6.07 Å². The van der Waals surface area contributed by atoms with Crippen LogP contribution in [0.2, 0.25) is 0 Å². The molecule has 0 heterocycles. The molecule has 3 heteroatoms. The zero-order chi connectivity index (χ0) is 14.4. The lowest BCUT2D eigenvalue weighted by Crippen LogP contribution is -2.23. The van der Waals surface area contributed by atoms with Crippen molar-refractivity contribution in [3.8, 4) is 5.75 Å². The van der Waals surface area contributed by atoms with Gasteiger partial charge in [0.05, 0.1) is 7.11 Å². The molecule has 0 radical (unpaired) electrons. The van der Waals surface area contributed by atoms with Crippen molar-refractivity contribution < 1.29 is 9.13 Å². The van der Waals surface area contributed by atoms with Gasteiger partial charge in [-0.2, -0.15) is 0 Å². The van der Waals surface area contributed by atoms with Gasteiger partial charge in [-0.25, -0.2) is 4.39 Å². The second-order valence-electron chi connectivity index (χ2n) is 4.72. The van der Waals surface area contributed by atoms with E-state index in [0.29, 0.717) is 0 Å². The quantitative estimate of drug-likeness (QED) is 0.866. The van der Waals surface area contributed by atoms with E-state index in [1.807, 2.05) is 24.3 Å². The van der Waals surface area contributed by atoms with E-state index in [2.05, 4.69) is 18.3 Å². The molecule has 2 rings (SSSR count). The van der Waals surface area contributed by atoms with E-state index in [9.17, 15) is 4.39 Å². The molecule has 2 aromatic rings. The van der Waals surface area contributed by atoms with Crippen LogP contribution in [0.25, 0.3) is 0 Å². The molecule has 0 bridgehead atoms. The highest BCUT2D eigenvalue weighted by Gasteiger charge is 2.12. The van der Waals surface area contributed by atoms with Crippen molar-refractivity contribution in [1.82, 2.24) is 5.32 Å². The highest BCUT2D eigenvalue weighted by Crippen LogP contribution is 2.22. The predicted octanol–water partition coefficient (Wildman–Crippen LogP) is 3.73. The molecule has 1 atom stereocenters. The van der Waals surface area contributed by atoms with Crippen LogP contribution in [0.3, 0.4) is 0 Å². The van der Waals surface area contributed by atoms with E-state index in [4.69, 9.17) is 4.74 Å². The molecule has 2 aromatic carbocycles. The summed E-state index contributed by atoms with van der Waals surface area (Å²) in [6, 6.07) is 14.9. The standard InChI is InChI=1S/C17H20FNO/c1-3-19-17(11-13-6-4-8-15(18)10-13)14-7-5-9-16(12-14)20-2/h4-10,12,17,19H,3,11H2,1-2H3. The third kappa shape index (κ3) is 3.81. The van der Waals surface area contributed by atoms with Gasteiger partial charge in [-0.05, 0) is 48.4 Å². The van der Waals surface area contributed by atoms with E-state index in [-0.39, 0.29) is 11.9 Å². The van der Waals surface area contributed by atoms with Crippen LogP contribution in [-0.4, -0.2) is 13.7 Å². The van der Waals surface area contributed by atoms with E-state index in [1.54, 1.807) is 19.2 Å². The molecule has 0 aromatic heterocycles. The Kier molecular flexibility index (Phi) is 5.13. The van der Waals surface area contributed by atoms with Gasteiger partial charge in [0.25, 0.3) is 0 Å². The van der Waals surface area contributed by atoms with E-state index < -0.39 is 0 Å². The Morgan fingerprint density at radius 3 is 2.65 bits per heavy atom. The number of halogens is 1. The minimum absolute atomic E-state index is 0.150. The lowest BCUT2D eigenvalue weighted by atomic mass is 9.98. The number of nitrogens with one attached hydrogen (secondary N) is 1. The molecule has 2 nitrogen and oxygen atoms in total. The Bertz CT molecular complexity index is 556. The van der Waals surface area contributed by atoms with Gasteiger partial charge in [0.2, 0.25) is 0 Å². The van der Waals surface area contributed by atoms with Crippen LogP contribution in [0.4, 0.5) is 4.39 Å². The number of methoxy groups -OCH3 is 1. The molecule has 0 spiro atoms. The first-order chi connectivity index (χ1) is 9.72. The van der Waals surface area contributed by atoms with E-state index in [0.717, 1.165) is 29.8 Å². The highest BCUT2D eigenvalue weighted by molar-refractivity contribution is 5.32. The van der Waals surface area contributed by atoms with Gasteiger partial charge < -0.3 is 10.1 Å². The molecule has 0 amide bonds. The molecule has 106 valence electrons. The molecule has 0 aliphatic heterocycles. The SMILES string of the molecule is CCNC(Cc1cccc(F)c1)c1cccc(OC)c1. The van der Waals surface area contributed by atoms with Crippen molar-refractivity contribution in [2.75, 3.05) is 13.7 Å². The lowest BCUT2D eigenvalue weighted by molar-refractivity contribution is 0.413. The molecule has 0 aliphatic rings. The molecular formula is C17H20FNO. The first-order valence-electron chi connectivity index (χ1n) is 6.84. The average molecular weight is 273 g/mol. The van der Waals surface area contributed by atoms with Gasteiger partial charge >= 0.3 is 0 Å². The molecule has 1 unspecified atom stereocenters. The van der Waals surface area contributed by atoms with Gasteiger partial charge in [-0.15, -0.1) is 0 Å². The summed E-state index contributed by atoms with van der Waals surface area (Å²) in [7, 11) is 1.66. The number of benzene rings is 2. The Morgan fingerprint density at radius 1 is 1.15 bits per heavy atom. The Labute approximate surface area is 119 Å². The molecule has 0 saturated heterocycles. The number of rotatable bonds is 6. The van der Waals surface area contributed by atoms with Crippen molar-refractivity contribution >= 4 is 0 Å². The topological polar surface area (TPSA) is 21.3 Å². The maximum Gasteiger partial charge on any atom is 0.123 e. The lowest BCUT2D eigenvalue weighted by Gasteiger charge is -2.19. The minimum Gasteiger partial charge on any atom is -0.497 e. The van der Waals surface area contributed by atoms with Crippen molar-refractivity contribution in [3.05, 3.63) is 65.5 Å². The molecular weight excluding hydrogens is 253 g/mol. The fourth-order valence-electron chi connectivity index (χ4n) is 2.31. The minimum atomic E-state index is -0.191. The maximum absolute atomic E-state index is 13.3. The van der Waals surface area contributed by atoms with Crippen molar-refractivity contribution in [2.45, 2.75) is 19.4 Å². The summed E-state index contributed by atoms with van der Waals surface area (Å²) >= 11 is 0. The van der Waals surface area contributed by atoms with Crippen LogP contribution in [0.5, 0.6) is 5.75 Å². The summed E-state index contributed by atoms with van der Waals surface area (Å²) in [6.45, 7) is 2.93. The van der Waals surface area contributed by atoms with Gasteiger partial charge in [0, 0.05) is 6.04 Å². The summed E-state index contributed by atoms with van der Waals surface area (Å²) in [5.74, 6) is 0.646. The molecule has 1 N–H and O–H groups in total. The van der Waals surface area contributed by atoms with Gasteiger partial charge in [0.15, 0.2) is 0 Å². The van der Waals surface area contributed by atoms with Crippen LogP contribution in [0.1, 0.15) is 24.1 Å². The Morgan fingerprint density at radius 2 is 1.95 bits per heavy atom. The third-order valence-corrected chi connectivity index (χ3v) is 3.28. The fourth-order valence-corrected chi connectivity index (χ4v) is 2.31. The van der Waals surface area contributed by atoms with Crippen LogP contribution in [0, 0.1) is 5.82 Å². The van der Waals surface area contributed by atoms with Crippen LogP contribution in [0.15, 0.2) is 48.5 Å². The summed E-state index contributed by atoms with van der Waals surface area (Å²) < 4.78 is 18.5. The maximum atomic E-state index is 13.3. The van der Waals surface area contributed by atoms with Gasteiger partial charge in [-0.3, -0.25) is 0 Å². The normalized spacial score (nSPS) is 12.2. The van der Waals surface area contributed by atoms with Gasteiger partial charge in [-0.1, -0.05) is 31.2 Å². The number of likely N-dealkylation sites (N-methyl/N-ethyl adjacent to an activating group) is 1. The molecule has 0 saturated carbocycles. The van der Waals surface area contributed by atoms with Crippen molar-refractivity contribution in [1.29, 1.82) is 0 Å². The highest BCUT2D eigenvalue weighted by atomic mass is 19.1. The number of hydrogen-bond donors (Lipinski definition) is 1.